The highest BCUT2D eigenvalue weighted by Gasteiger charge is 2.29. The van der Waals surface area contributed by atoms with Gasteiger partial charge in [0.2, 0.25) is 6.41 Å². The Morgan fingerprint density at radius 1 is 1.15 bits per heavy atom. The molecule has 5 N–H and O–H groups in total. The number of hydrogen-bond donors (Lipinski definition) is 3. The number of aryl methyl sites for hydroxylation is 2. The van der Waals surface area contributed by atoms with Crippen molar-refractivity contribution in [3.8, 4) is 5.75 Å². The van der Waals surface area contributed by atoms with Crippen molar-refractivity contribution in [2.24, 2.45) is 17.6 Å². The molecule has 34 heavy (non-hydrogen) atoms. The van der Waals surface area contributed by atoms with E-state index in [2.05, 4.69) is 5.84 Å². The van der Waals surface area contributed by atoms with E-state index in [1.807, 2.05) is 32.0 Å². The summed E-state index contributed by atoms with van der Waals surface area (Å²) in [5.41, 5.74) is 5.72. The van der Waals surface area contributed by atoms with Gasteiger partial charge in [0.15, 0.2) is 5.78 Å². The van der Waals surface area contributed by atoms with E-state index in [9.17, 15) is 14.4 Å². The maximum absolute atomic E-state index is 12.6. The van der Waals surface area contributed by atoms with Crippen LogP contribution in [-0.4, -0.2) is 37.6 Å². The van der Waals surface area contributed by atoms with E-state index in [0.29, 0.717) is 24.3 Å². The summed E-state index contributed by atoms with van der Waals surface area (Å²) in [5, 5.41) is 1.54. The number of nitrogens with two attached hydrogens (primary N) is 2. The molecule has 1 amide bonds. The molecule has 10 heteroatoms. The summed E-state index contributed by atoms with van der Waals surface area (Å²) < 4.78 is 10.7. The SMILES string of the molecule is CCOC(=O)C(=O)C(C)C(=O)c1ccc(OCc2c(C)cccc2N(C)N)c(C)c1.NNC=O. The second kappa shape index (κ2) is 13.7. The fourth-order valence-corrected chi connectivity index (χ4v) is 3.07. The Morgan fingerprint density at radius 3 is 2.32 bits per heavy atom. The van der Waals surface area contributed by atoms with E-state index in [4.69, 9.17) is 20.1 Å². The molecule has 2 rings (SSSR count). The molecule has 0 saturated heterocycles. The molecule has 1 atom stereocenters. The molecule has 0 aliphatic rings. The zero-order chi connectivity index (χ0) is 25.8. The van der Waals surface area contributed by atoms with Gasteiger partial charge in [0.05, 0.1) is 18.2 Å². The number of amides is 1. The number of Topliss-reactive ketones (excluding diaryl/α,β-unsaturated/α-hetero) is 2. The fraction of sp³-hybridized carbons (Fsp3) is 0.333. The van der Waals surface area contributed by atoms with Gasteiger partial charge in [-0.3, -0.25) is 19.8 Å². The van der Waals surface area contributed by atoms with Crippen molar-refractivity contribution in [3.63, 3.8) is 0 Å². The van der Waals surface area contributed by atoms with Crippen molar-refractivity contribution in [1.29, 1.82) is 0 Å². The van der Waals surface area contributed by atoms with Crippen molar-refractivity contribution in [2.75, 3.05) is 18.7 Å². The number of benzene rings is 2. The number of ketones is 2. The van der Waals surface area contributed by atoms with Crippen LogP contribution >= 0.6 is 0 Å². The van der Waals surface area contributed by atoms with Crippen molar-refractivity contribution in [3.05, 3.63) is 58.7 Å². The Hall–Kier alpha value is -3.76. The predicted octanol–water partition coefficient (Wildman–Crippen LogP) is 1.75. The maximum atomic E-state index is 12.6. The zero-order valence-electron chi connectivity index (χ0n) is 20.1. The number of nitrogens with zero attached hydrogens (tertiary/aromatic N) is 1. The summed E-state index contributed by atoms with van der Waals surface area (Å²) in [6, 6.07) is 10.8. The van der Waals surface area contributed by atoms with Crippen LogP contribution in [0.3, 0.4) is 0 Å². The van der Waals surface area contributed by atoms with Gasteiger partial charge in [0, 0.05) is 18.2 Å². The molecule has 10 nitrogen and oxygen atoms in total. The monoisotopic (exact) mass is 472 g/mol. The minimum absolute atomic E-state index is 0.0825. The lowest BCUT2D eigenvalue weighted by Gasteiger charge is -2.20. The van der Waals surface area contributed by atoms with Gasteiger partial charge in [0.1, 0.15) is 12.4 Å². The van der Waals surface area contributed by atoms with Gasteiger partial charge in [-0.25, -0.2) is 16.5 Å². The summed E-state index contributed by atoms with van der Waals surface area (Å²) >= 11 is 0. The van der Waals surface area contributed by atoms with Gasteiger partial charge >= 0.3 is 5.97 Å². The first-order valence-corrected chi connectivity index (χ1v) is 10.5. The van der Waals surface area contributed by atoms with E-state index in [1.54, 1.807) is 42.6 Å². The van der Waals surface area contributed by atoms with Crippen LogP contribution in [0.4, 0.5) is 5.69 Å². The molecule has 0 aliphatic heterocycles. The summed E-state index contributed by atoms with van der Waals surface area (Å²) in [7, 11) is 1.77. The normalized spacial score (nSPS) is 10.8. The topological polar surface area (TPSA) is 154 Å². The average Bonchev–Trinajstić information content (AvgIpc) is 2.82. The second-order valence-electron chi connectivity index (χ2n) is 7.41. The molecule has 2 aromatic carbocycles. The number of ether oxygens (including phenoxy) is 2. The van der Waals surface area contributed by atoms with Crippen molar-refractivity contribution >= 4 is 29.6 Å². The van der Waals surface area contributed by atoms with Gasteiger partial charge < -0.3 is 14.5 Å². The third-order valence-corrected chi connectivity index (χ3v) is 4.93. The van der Waals surface area contributed by atoms with Gasteiger partial charge in [-0.05, 0) is 63.1 Å². The van der Waals surface area contributed by atoms with Crippen LogP contribution in [-0.2, 0) is 25.7 Å². The Morgan fingerprint density at radius 2 is 1.79 bits per heavy atom. The largest absolute Gasteiger partial charge is 0.489 e. The number of nitrogens with one attached hydrogen (secondary N) is 1. The molecule has 2 aromatic rings. The first-order chi connectivity index (χ1) is 16.1. The van der Waals surface area contributed by atoms with Gasteiger partial charge in [-0.15, -0.1) is 0 Å². The van der Waals surface area contributed by atoms with E-state index in [-0.39, 0.29) is 6.61 Å². The number of hydrazine groups is 2. The third kappa shape index (κ3) is 7.68. The highest BCUT2D eigenvalue weighted by Crippen LogP contribution is 2.26. The average molecular weight is 473 g/mol. The third-order valence-electron chi connectivity index (χ3n) is 4.93. The van der Waals surface area contributed by atoms with E-state index in [0.717, 1.165) is 22.4 Å². The molecule has 1 unspecified atom stereocenters. The van der Waals surface area contributed by atoms with Crippen LogP contribution in [0.25, 0.3) is 0 Å². The molecule has 0 heterocycles. The number of hydrogen-bond acceptors (Lipinski definition) is 9. The predicted molar refractivity (Wildman–Crippen MR) is 128 cm³/mol. The molecule has 0 fully saturated rings. The van der Waals surface area contributed by atoms with E-state index < -0.39 is 23.5 Å². The molecule has 0 spiro atoms. The van der Waals surface area contributed by atoms with Gasteiger partial charge in [-0.2, -0.15) is 0 Å². The number of esters is 1. The molecule has 0 aromatic heterocycles. The number of rotatable bonds is 10. The first kappa shape index (κ1) is 28.3. The minimum atomic E-state index is -1.11. The highest BCUT2D eigenvalue weighted by molar-refractivity contribution is 6.39. The molecule has 184 valence electrons. The minimum Gasteiger partial charge on any atom is -0.489 e. The molecule has 0 bridgehead atoms. The summed E-state index contributed by atoms with van der Waals surface area (Å²) in [5.74, 6) is 7.55. The van der Waals surface area contributed by atoms with Crippen molar-refractivity contribution < 1.29 is 28.7 Å². The van der Waals surface area contributed by atoms with E-state index >= 15 is 0 Å². The number of carbonyl (C=O) groups is 4. The Bertz CT molecular complexity index is 1020. The lowest BCUT2D eigenvalue weighted by atomic mass is 9.94. The molecule has 0 aliphatic carbocycles. The van der Waals surface area contributed by atoms with Crippen LogP contribution in [0.15, 0.2) is 36.4 Å². The van der Waals surface area contributed by atoms with Crippen molar-refractivity contribution in [1.82, 2.24) is 5.43 Å². The lowest BCUT2D eigenvalue weighted by Crippen LogP contribution is -2.29. The van der Waals surface area contributed by atoms with Crippen LogP contribution in [0, 0.1) is 19.8 Å². The summed E-state index contributed by atoms with van der Waals surface area (Å²) in [4.78, 5) is 45.2. The number of carbonyl (C=O) groups excluding carboxylic acids is 4. The smallest absolute Gasteiger partial charge is 0.375 e. The van der Waals surface area contributed by atoms with Crippen molar-refractivity contribution in [2.45, 2.75) is 34.3 Å². The molecular weight excluding hydrogens is 440 g/mol. The van der Waals surface area contributed by atoms with Crippen LogP contribution in [0.1, 0.15) is 40.9 Å². The van der Waals surface area contributed by atoms with Crippen LogP contribution in [0.2, 0.25) is 0 Å². The Labute approximate surface area is 199 Å². The van der Waals surface area contributed by atoms with Crippen LogP contribution in [0.5, 0.6) is 5.75 Å². The summed E-state index contributed by atoms with van der Waals surface area (Å²) in [6.07, 6.45) is 0.403. The van der Waals surface area contributed by atoms with Crippen LogP contribution < -0.4 is 26.9 Å². The first-order valence-electron chi connectivity index (χ1n) is 10.5. The Kier molecular flexibility index (Phi) is 11.4. The fourth-order valence-electron chi connectivity index (χ4n) is 3.07. The molecule has 0 saturated carbocycles. The quantitative estimate of drug-likeness (QED) is 0.0685. The maximum Gasteiger partial charge on any atom is 0.375 e. The zero-order valence-corrected chi connectivity index (χ0v) is 20.1. The second-order valence-corrected chi connectivity index (χ2v) is 7.41. The Balaban J connectivity index is 0.00000133. The molecular formula is C24H32N4O6. The standard InChI is InChI=1S/C23H28N2O5.CH4N2O/c1-6-29-23(28)22(27)16(4)21(26)17-10-11-20(15(3)12-17)30-13-18-14(2)8-7-9-19(18)25(5)24;2-3-1-4/h7-12,16H,6,13,24H2,1-5H3;1H,2H2,(H,3,4). The van der Waals surface area contributed by atoms with Gasteiger partial charge in [0.25, 0.3) is 5.78 Å². The number of anilines is 1. The molecule has 0 radical (unpaired) electrons. The van der Waals surface area contributed by atoms with Gasteiger partial charge in [-0.1, -0.05) is 12.1 Å². The van der Waals surface area contributed by atoms with E-state index in [1.165, 1.54) is 6.92 Å². The lowest BCUT2D eigenvalue weighted by molar-refractivity contribution is -0.154. The summed E-state index contributed by atoms with van der Waals surface area (Å²) in [6.45, 7) is 7.21. The highest BCUT2D eigenvalue weighted by atomic mass is 16.5.